The minimum atomic E-state index is -0.585. The number of aliphatic hydroxyl groups is 2. The van der Waals surface area contributed by atoms with Gasteiger partial charge in [-0.15, -0.1) is 0 Å². The molecular weight excluding hydrogens is 214 g/mol. The van der Waals surface area contributed by atoms with Crippen LogP contribution in [-0.2, 0) is 0 Å². The van der Waals surface area contributed by atoms with Gasteiger partial charge in [0.15, 0.2) is 0 Å². The molecule has 0 aromatic heterocycles. The van der Waals surface area contributed by atoms with Crippen molar-refractivity contribution in [3.8, 4) is 0 Å². The molecule has 2 saturated carbocycles. The monoisotopic (exact) mass is 241 g/mol. The van der Waals surface area contributed by atoms with E-state index in [1.165, 1.54) is 0 Å². The SMILES string of the molecule is CC1CCC(O)(CNC2CCCC2(C)O)CC1. The van der Waals surface area contributed by atoms with E-state index < -0.39 is 11.2 Å². The standard InChI is InChI=1S/C14H27NO2/c1-11-5-8-14(17,9-6-11)10-15-12-4-3-7-13(12,2)16/h11-12,15-17H,3-10H2,1-2H3. The normalized spacial score (nSPS) is 47.3. The molecule has 100 valence electrons. The summed E-state index contributed by atoms with van der Waals surface area (Å²) in [6.07, 6.45) is 7.03. The van der Waals surface area contributed by atoms with E-state index in [0.717, 1.165) is 50.9 Å². The quantitative estimate of drug-likeness (QED) is 0.706. The highest BCUT2D eigenvalue weighted by Gasteiger charge is 2.39. The van der Waals surface area contributed by atoms with Gasteiger partial charge in [-0.05, 0) is 57.8 Å². The molecule has 0 aromatic rings. The minimum absolute atomic E-state index is 0.158. The highest BCUT2D eigenvalue weighted by molar-refractivity contribution is 4.96. The third-order valence-corrected chi connectivity index (χ3v) is 4.81. The second-order valence-electron chi connectivity index (χ2n) is 6.59. The van der Waals surface area contributed by atoms with Crippen molar-refractivity contribution in [3.05, 3.63) is 0 Å². The molecule has 0 amide bonds. The summed E-state index contributed by atoms with van der Waals surface area (Å²) in [5.74, 6) is 0.755. The van der Waals surface area contributed by atoms with E-state index in [1.807, 2.05) is 6.92 Å². The summed E-state index contributed by atoms with van der Waals surface area (Å²) < 4.78 is 0. The largest absolute Gasteiger partial charge is 0.389 e. The van der Waals surface area contributed by atoms with Gasteiger partial charge in [0, 0.05) is 12.6 Å². The lowest BCUT2D eigenvalue weighted by molar-refractivity contribution is -0.0200. The van der Waals surface area contributed by atoms with Gasteiger partial charge in [-0.1, -0.05) is 6.92 Å². The lowest BCUT2D eigenvalue weighted by Gasteiger charge is -2.37. The van der Waals surface area contributed by atoms with Gasteiger partial charge in [0.2, 0.25) is 0 Å². The summed E-state index contributed by atoms with van der Waals surface area (Å²) in [5, 5.41) is 24.0. The molecule has 2 fully saturated rings. The van der Waals surface area contributed by atoms with Crippen molar-refractivity contribution in [2.24, 2.45) is 5.92 Å². The van der Waals surface area contributed by atoms with E-state index in [1.54, 1.807) is 0 Å². The molecule has 0 heterocycles. The molecule has 0 radical (unpaired) electrons. The summed E-state index contributed by atoms with van der Waals surface area (Å²) in [5.41, 5.74) is -1.12. The van der Waals surface area contributed by atoms with Gasteiger partial charge in [-0.3, -0.25) is 0 Å². The van der Waals surface area contributed by atoms with E-state index in [9.17, 15) is 10.2 Å². The summed E-state index contributed by atoms with van der Waals surface area (Å²) >= 11 is 0. The van der Waals surface area contributed by atoms with Crippen molar-refractivity contribution < 1.29 is 10.2 Å². The first kappa shape index (κ1) is 13.3. The number of hydrogen-bond donors (Lipinski definition) is 3. The van der Waals surface area contributed by atoms with Crippen LogP contribution < -0.4 is 5.32 Å². The molecule has 2 atom stereocenters. The summed E-state index contributed by atoms with van der Waals surface area (Å²) in [7, 11) is 0. The van der Waals surface area contributed by atoms with E-state index in [0.29, 0.717) is 6.54 Å². The second kappa shape index (κ2) is 4.87. The first-order chi connectivity index (χ1) is 7.91. The molecule has 3 heteroatoms. The highest BCUT2D eigenvalue weighted by Crippen LogP contribution is 2.33. The van der Waals surface area contributed by atoms with Crippen molar-refractivity contribution >= 4 is 0 Å². The Hall–Kier alpha value is -0.120. The third kappa shape index (κ3) is 3.21. The average Bonchev–Trinajstić information content (AvgIpc) is 2.60. The Labute approximate surface area is 105 Å². The summed E-state index contributed by atoms with van der Waals surface area (Å²) in [6, 6.07) is 0.158. The molecule has 2 aliphatic carbocycles. The summed E-state index contributed by atoms with van der Waals surface area (Å²) in [6.45, 7) is 4.81. The Morgan fingerprint density at radius 2 is 1.76 bits per heavy atom. The summed E-state index contributed by atoms with van der Waals surface area (Å²) in [4.78, 5) is 0. The van der Waals surface area contributed by atoms with Crippen LogP contribution in [0.2, 0.25) is 0 Å². The molecule has 2 rings (SSSR count). The van der Waals surface area contributed by atoms with Gasteiger partial charge < -0.3 is 15.5 Å². The van der Waals surface area contributed by atoms with E-state index >= 15 is 0 Å². The molecule has 2 aliphatic rings. The zero-order chi connectivity index (χ0) is 12.5. The fourth-order valence-corrected chi connectivity index (χ4v) is 3.26. The van der Waals surface area contributed by atoms with Crippen molar-refractivity contribution in [2.75, 3.05) is 6.54 Å². The number of rotatable bonds is 3. The maximum absolute atomic E-state index is 10.5. The zero-order valence-electron chi connectivity index (χ0n) is 11.2. The highest BCUT2D eigenvalue weighted by atomic mass is 16.3. The Kier molecular flexibility index (Phi) is 3.81. The van der Waals surface area contributed by atoms with Crippen LogP contribution in [0, 0.1) is 5.92 Å². The van der Waals surface area contributed by atoms with Gasteiger partial charge in [0.05, 0.1) is 11.2 Å². The fraction of sp³-hybridized carbons (Fsp3) is 1.00. The molecule has 2 unspecified atom stereocenters. The van der Waals surface area contributed by atoms with Crippen molar-refractivity contribution in [2.45, 2.75) is 76.0 Å². The molecule has 3 N–H and O–H groups in total. The van der Waals surface area contributed by atoms with Crippen LogP contribution in [-0.4, -0.2) is 34.0 Å². The topological polar surface area (TPSA) is 52.5 Å². The van der Waals surface area contributed by atoms with Gasteiger partial charge in [-0.25, -0.2) is 0 Å². The average molecular weight is 241 g/mol. The van der Waals surface area contributed by atoms with Crippen LogP contribution in [0.4, 0.5) is 0 Å². The van der Waals surface area contributed by atoms with E-state index in [2.05, 4.69) is 12.2 Å². The predicted octanol–water partition coefficient (Wildman–Crippen LogP) is 1.82. The van der Waals surface area contributed by atoms with E-state index in [-0.39, 0.29) is 6.04 Å². The molecule has 0 aliphatic heterocycles. The first-order valence-corrected chi connectivity index (χ1v) is 7.09. The van der Waals surface area contributed by atoms with Crippen LogP contribution in [0.3, 0.4) is 0 Å². The van der Waals surface area contributed by atoms with Gasteiger partial charge in [-0.2, -0.15) is 0 Å². The Bertz CT molecular complexity index is 257. The van der Waals surface area contributed by atoms with Crippen molar-refractivity contribution in [3.63, 3.8) is 0 Å². The number of hydrogen-bond acceptors (Lipinski definition) is 3. The first-order valence-electron chi connectivity index (χ1n) is 7.09. The molecule has 3 nitrogen and oxygen atoms in total. The fourth-order valence-electron chi connectivity index (χ4n) is 3.26. The van der Waals surface area contributed by atoms with Crippen LogP contribution in [0.1, 0.15) is 58.8 Å². The van der Waals surface area contributed by atoms with E-state index in [4.69, 9.17) is 0 Å². The third-order valence-electron chi connectivity index (χ3n) is 4.81. The predicted molar refractivity (Wildman–Crippen MR) is 68.8 cm³/mol. The minimum Gasteiger partial charge on any atom is -0.389 e. The smallest absolute Gasteiger partial charge is 0.0772 e. The molecule has 0 aromatic carbocycles. The van der Waals surface area contributed by atoms with Crippen LogP contribution in [0.15, 0.2) is 0 Å². The molecule has 0 saturated heterocycles. The number of nitrogens with one attached hydrogen (secondary N) is 1. The van der Waals surface area contributed by atoms with Crippen molar-refractivity contribution in [1.82, 2.24) is 5.32 Å². The Morgan fingerprint density at radius 3 is 2.29 bits per heavy atom. The van der Waals surface area contributed by atoms with Crippen molar-refractivity contribution in [1.29, 1.82) is 0 Å². The maximum atomic E-state index is 10.5. The molecule has 17 heavy (non-hydrogen) atoms. The lowest BCUT2D eigenvalue weighted by atomic mass is 9.79. The maximum Gasteiger partial charge on any atom is 0.0772 e. The van der Waals surface area contributed by atoms with Crippen LogP contribution in [0.5, 0.6) is 0 Å². The van der Waals surface area contributed by atoms with Gasteiger partial charge >= 0.3 is 0 Å². The van der Waals surface area contributed by atoms with Crippen LogP contribution >= 0.6 is 0 Å². The second-order valence-corrected chi connectivity index (χ2v) is 6.59. The molecule has 0 bridgehead atoms. The van der Waals surface area contributed by atoms with Crippen LogP contribution in [0.25, 0.3) is 0 Å². The van der Waals surface area contributed by atoms with Gasteiger partial charge in [0.25, 0.3) is 0 Å². The molecular formula is C14H27NO2. The Balaban J connectivity index is 1.81. The van der Waals surface area contributed by atoms with Gasteiger partial charge in [0.1, 0.15) is 0 Å². The Morgan fingerprint density at radius 1 is 1.12 bits per heavy atom. The molecule has 0 spiro atoms. The zero-order valence-corrected chi connectivity index (χ0v) is 11.2. The lowest BCUT2D eigenvalue weighted by Crippen LogP contribution is -2.51.